The number of para-hydroxylation sites is 1. The number of methoxy groups -OCH3 is 1. The van der Waals surface area contributed by atoms with Crippen molar-refractivity contribution >= 4 is 10.9 Å². The summed E-state index contributed by atoms with van der Waals surface area (Å²) in [7, 11) is 1.66. The molecule has 1 aromatic carbocycles. The summed E-state index contributed by atoms with van der Waals surface area (Å²) in [6.07, 6.45) is 0. The Kier molecular flexibility index (Phi) is 4.02. The highest BCUT2D eigenvalue weighted by molar-refractivity contribution is 5.84. The molecule has 0 amide bonds. The molecular weight excluding hydrogens is 240 g/mol. The van der Waals surface area contributed by atoms with E-state index in [4.69, 9.17) is 9.57 Å². The van der Waals surface area contributed by atoms with Gasteiger partial charge in [0.1, 0.15) is 11.3 Å². The first-order chi connectivity index (χ1) is 8.99. The average molecular weight is 260 g/mol. The molecule has 0 unspecified atom stereocenters. The summed E-state index contributed by atoms with van der Waals surface area (Å²) in [5.74, 6) is 0.788. The van der Waals surface area contributed by atoms with Crippen molar-refractivity contribution < 1.29 is 9.57 Å². The second kappa shape index (κ2) is 5.55. The van der Waals surface area contributed by atoms with Crippen LogP contribution >= 0.6 is 0 Å². The number of nitrogens with zero attached hydrogens (tertiary/aromatic N) is 1. The molecule has 1 N–H and O–H groups in total. The number of hydroxylamine groups is 1. The smallest absolute Gasteiger partial charge is 0.145 e. The summed E-state index contributed by atoms with van der Waals surface area (Å²) < 4.78 is 5.33. The highest BCUT2D eigenvalue weighted by atomic mass is 16.7. The van der Waals surface area contributed by atoms with Gasteiger partial charge < -0.3 is 4.74 Å². The minimum Gasteiger partial charge on any atom is -0.494 e. The summed E-state index contributed by atoms with van der Waals surface area (Å²) in [5.41, 5.74) is 4.52. The number of nitrogens with one attached hydrogen (secondary N) is 1. The molecule has 0 bridgehead atoms. The predicted molar refractivity (Wildman–Crippen MR) is 76.0 cm³/mol. The molecule has 0 aliphatic carbocycles. The normalized spacial score (nSPS) is 11.8. The lowest BCUT2D eigenvalue weighted by molar-refractivity contribution is -0.0761. The van der Waals surface area contributed by atoms with Crippen LogP contribution in [0.3, 0.4) is 0 Å². The van der Waals surface area contributed by atoms with E-state index in [2.05, 4.69) is 10.5 Å². The zero-order valence-corrected chi connectivity index (χ0v) is 11.9. The van der Waals surface area contributed by atoms with Gasteiger partial charge in [0.15, 0.2) is 0 Å². The first-order valence-electron chi connectivity index (χ1n) is 6.33. The lowest BCUT2D eigenvalue weighted by Crippen LogP contribution is -2.28. The van der Waals surface area contributed by atoms with E-state index in [1.807, 2.05) is 51.1 Å². The van der Waals surface area contributed by atoms with E-state index in [1.54, 1.807) is 7.11 Å². The molecule has 1 heterocycles. The largest absolute Gasteiger partial charge is 0.494 e. The van der Waals surface area contributed by atoms with Crippen molar-refractivity contribution in [3.05, 3.63) is 36.0 Å². The number of aromatic nitrogens is 1. The van der Waals surface area contributed by atoms with Crippen LogP contribution in [0.5, 0.6) is 5.75 Å². The third kappa shape index (κ3) is 3.66. The van der Waals surface area contributed by atoms with Crippen molar-refractivity contribution in [2.24, 2.45) is 0 Å². The number of fused-ring (bicyclic) bond motifs is 1. The summed E-state index contributed by atoms with van der Waals surface area (Å²) in [6.45, 7) is 6.55. The van der Waals surface area contributed by atoms with Crippen LogP contribution in [0.1, 0.15) is 26.5 Å². The van der Waals surface area contributed by atoms with Crippen molar-refractivity contribution in [1.82, 2.24) is 10.5 Å². The summed E-state index contributed by atoms with van der Waals surface area (Å²) in [4.78, 5) is 10.1. The lowest BCUT2D eigenvalue weighted by Gasteiger charge is -2.19. The Morgan fingerprint density at radius 2 is 1.95 bits per heavy atom. The van der Waals surface area contributed by atoms with Crippen LogP contribution in [0.4, 0.5) is 0 Å². The molecule has 0 fully saturated rings. The van der Waals surface area contributed by atoms with E-state index in [9.17, 15) is 0 Å². The van der Waals surface area contributed by atoms with Gasteiger partial charge in [-0.3, -0.25) is 4.84 Å². The van der Waals surface area contributed by atoms with Gasteiger partial charge in [0, 0.05) is 5.39 Å². The minimum atomic E-state index is -0.214. The number of hydrogen-bond donors (Lipinski definition) is 1. The Hall–Kier alpha value is -1.65. The molecule has 0 saturated heterocycles. The predicted octanol–water partition coefficient (Wildman–Crippen LogP) is 3.06. The molecule has 2 aromatic rings. The molecule has 19 heavy (non-hydrogen) atoms. The van der Waals surface area contributed by atoms with E-state index in [1.165, 1.54) is 0 Å². The average Bonchev–Trinajstić information content (AvgIpc) is 2.36. The second-order valence-corrected chi connectivity index (χ2v) is 5.37. The number of pyridine rings is 1. The van der Waals surface area contributed by atoms with Gasteiger partial charge in [-0.05, 0) is 32.9 Å². The van der Waals surface area contributed by atoms with Crippen molar-refractivity contribution in [3.8, 4) is 5.75 Å². The fraction of sp³-hybridized carbons (Fsp3) is 0.400. The van der Waals surface area contributed by atoms with Crippen molar-refractivity contribution in [3.63, 3.8) is 0 Å². The minimum absolute atomic E-state index is 0.214. The molecule has 2 rings (SSSR count). The van der Waals surface area contributed by atoms with E-state index >= 15 is 0 Å². The zero-order valence-electron chi connectivity index (χ0n) is 11.9. The Bertz CT molecular complexity index is 562. The topological polar surface area (TPSA) is 43.4 Å². The number of hydrogen-bond acceptors (Lipinski definition) is 4. The Balaban J connectivity index is 2.17. The summed E-state index contributed by atoms with van der Waals surface area (Å²) in [6, 6.07) is 9.93. The molecule has 4 heteroatoms. The Labute approximate surface area is 113 Å². The van der Waals surface area contributed by atoms with Crippen molar-refractivity contribution in [2.75, 3.05) is 7.11 Å². The second-order valence-electron chi connectivity index (χ2n) is 5.37. The fourth-order valence-electron chi connectivity index (χ4n) is 1.75. The molecule has 0 atom stereocenters. The van der Waals surface area contributed by atoms with E-state index < -0.39 is 0 Å². The van der Waals surface area contributed by atoms with Gasteiger partial charge in [0.05, 0.1) is 24.9 Å². The van der Waals surface area contributed by atoms with Crippen molar-refractivity contribution in [1.29, 1.82) is 0 Å². The quantitative estimate of drug-likeness (QED) is 0.858. The molecular formula is C15H20N2O2. The van der Waals surface area contributed by atoms with Gasteiger partial charge in [-0.15, -0.1) is 0 Å². The first-order valence-corrected chi connectivity index (χ1v) is 6.33. The Morgan fingerprint density at radius 3 is 2.63 bits per heavy atom. The van der Waals surface area contributed by atoms with Crippen LogP contribution in [-0.4, -0.2) is 17.7 Å². The summed E-state index contributed by atoms with van der Waals surface area (Å²) >= 11 is 0. The fourth-order valence-corrected chi connectivity index (χ4v) is 1.75. The van der Waals surface area contributed by atoms with Gasteiger partial charge in [0.25, 0.3) is 0 Å². The van der Waals surface area contributed by atoms with E-state index in [0.717, 1.165) is 22.3 Å². The van der Waals surface area contributed by atoms with Crippen LogP contribution in [0.25, 0.3) is 10.9 Å². The molecule has 0 aliphatic rings. The third-order valence-electron chi connectivity index (χ3n) is 2.59. The van der Waals surface area contributed by atoms with E-state index in [-0.39, 0.29) is 5.60 Å². The lowest BCUT2D eigenvalue weighted by atomic mass is 10.2. The van der Waals surface area contributed by atoms with Gasteiger partial charge in [-0.1, -0.05) is 18.2 Å². The number of benzene rings is 1. The van der Waals surface area contributed by atoms with Crippen LogP contribution < -0.4 is 10.2 Å². The maximum absolute atomic E-state index is 5.48. The van der Waals surface area contributed by atoms with Gasteiger partial charge in [-0.2, -0.15) is 5.48 Å². The molecule has 0 saturated carbocycles. The SMILES string of the molecule is COc1cccc2ccc(CNOC(C)(C)C)nc12. The van der Waals surface area contributed by atoms with Crippen LogP contribution in [0.2, 0.25) is 0 Å². The van der Waals surface area contributed by atoms with Gasteiger partial charge in [-0.25, -0.2) is 4.98 Å². The molecule has 0 aliphatic heterocycles. The van der Waals surface area contributed by atoms with Gasteiger partial charge in [0.2, 0.25) is 0 Å². The van der Waals surface area contributed by atoms with Crippen LogP contribution in [0.15, 0.2) is 30.3 Å². The highest BCUT2D eigenvalue weighted by Crippen LogP contribution is 2.23. The number of rotatable bonds is 4. The Morgan fingerprint density at radius 1 is 1.16 bits per heavy atom. The molecule has 0 spiro atoms. The maximum atomic E-state index is 5.48. The summed E-state index contributed by atoms with van der Waals surface area (Å²) in [5, 5.41) is 1.07. The zero-order chi connectivity index (χ0) is 13.9. The molecule has 102 valence electrons. The van der Waals surface area contributed by atoms with E-state index in [0.29, 0.717) is 6.54 Å². The monoisotopic (exact) mass is 260 g/mol. The van der Waals surface area contributed by atoms with Gasteiger partial charge >= 0.3 is 0 Å². The van der Waals surface area contributed by atoms with Crippen molar-refractivity contribution in [2.45, 2.75) is 32.9 Å². The third-order valence-corrected chi connectivity index (χ3v) is 2.59. The maximum Gasteiger partial charge on any atom is 0.145 e. The first kappa shape index (κ1) is 13.8. The van der Waals surface area contributed by atoms with Crippen LogP contribution in [-0.2, 0) is 11.4 Å². The molecule has 1 aromatic heterocycles. The molecule has 4 nitrogen and oxygen atoms in total. The number of ether oxygens (including phenoxy) is 1. The standard InChI is InChI=1S/C15H20N2O2/c1-15(2,3)19-16-10-12-9-8-11-6-5-7-13(18-4)14(11)17-12/h5-9,16H,10H2,1-4H3. The van der Waals surface area contributed by atoms with Crippen LogP contribution in [0, 0.1) is 0 Å². The molecule has 0 radical (unpaired) electrons. The highest BCUT2D eigenvalue weighted by Gasteiger charge is 2.10.